The van der Waals surface area contributed by atoms with Gasteiger partial charge in [-0.3, -0.25) is 4.98 Å². The van der Waals surface area contributed by atoms with Gasteiger partial charge < -0.3 is 15.2 Å². The summed E-state index contributed by atoms with van der Waals surface area (Å²) in [6.07, 6.45) is 9.52. The minimum absolute atomic E-state index is 0.123. The van der Waals surface area contributed by atoms with E-state index in [1.165, 1.54) is 24.6 Å². The van der Waals surface area contributed by atoms with Crippen molar-refractivity contribution in [2.24, 2.45) is 15.9 Å². The highest BCUT2D eigenvalue weighted by molar-refractivity contribution is 5.83. The van der Waals surface area contributed by atoms with Gasteiger partial charge >= 0.3 is 0 Å². The number of ether oxygens (including phenoxy) is 1. The minimum atomic E-state index is -0.655. The van der Waals surface area contributed by atoms with E-state index in [9.17, 15) is 5.11 Å². The molecule has 0 saturated carbocycles. The third-order valence-electron chi connectivity index (χ3n) is 5.67. The number of benzene rings is 1. The van der Waals surface area contributed by atoms with Crippen LogP contribution in [-0.2, 0) is 4.74 Å². The molecule has 2 rings (SSSR count). The van der Waals surface area contributed by atoms with Crippen molar-refractivity contribution in [2.75, 3.05) is 7.11 Å². The molecule has 1 unspecified atom stereocenters. The maximum atomic E-state index is 11.2. The molecule has 0 saturated heterocycles. The first-order valence-corrected chi connectivity index (χ1v) is 11.4. The van der Waals surface area contributed by atoms with Gasteiger partial charge in [0.25, 0.3) is 6.02 Å². The summed E-state index contributed by atoms with van der Waals surface area (Å²) in [4.78, 5) is 13.2. The Morgan fingerprint density at radius 3 is 2.48 bits per heavy atom. The Kier molecular flexibility index (Phi) is 10.5. The molecule has 0 bridgehead atoms. The number of aryl methyl sites for hydroxylation is 2. The summed E-state index contributed by atoms with van der Waals surface area (Å²) >= 11 is 0. The lowest BCUT2D eigenvalue weighted by Gasteiger charge is -2.23. The van der Waals surface area contributed by atoms with E-state index < -0.39 is 6.10 Å². The van der Waals surface area contributed by atoms with Crippen LogP contribution in [0.2, 0.25) is 0 Å². The van der Waals surface area contributed by atoms with Crippen LogP contribution in [0, 0.1) is 19.8 Å². The summed E-state index contributed by atoms with van der Waals surface area (Å²) in [6, 6.07) is 10.5. The van der Waals surface area contributed by atoms with Crippen LogP contribution in [0.1, 0.15) is 50.3 Å². The van der Waals surface area contributed by atoms with Gasteiger partial charge in [0.1, 0.15) is 6.34 Å². The number of aliphatic hydroxyl groups is 1. The van der Waals surface area contributed by atoms with Gasteiger partial charge in [-0.1, -0.05) is 51.0 Å². The Labute approximate surface area is 197 Å². The molecule has 0 aliphatic carbocycles. The van der Waals surface area contributed by atoms with Crippen LogP contribution in [0.15, 0.2) is 65.0 Å². The third kappa shape index (κ3) is 7.12. The lowest BCUT2D eigenvalue weighted by Crippen LogP contribution is -2.21. The largest absolute Gasteiger partial charge is 0.468 e. The van der Waals surface area contributed by atoms with E-state index in [1.54, 1.807) is 18.6 Å². The number of amidine groups is 1. The summed E-state index contributed by atoms with van der Waals surface area (Å²) in [5, 5.41) is 14.1. The molecule has 176 valence electrons. The van der Waals surface area contributed by atoms with E-state index in [4.69, 9.17) is 4.74 Å². The maximum absolute atomic E-state index is 11.2. The number of aliphatic hydroxyl groups excluding tert-OH is 1. The highest BCUT2D eigenvalue weighted by atomic mass is 16.5. The van der Waals surface area contributed by atoms with Gasteiger partial charge in [0.05, 0.1) is 18.9 Å². The SMILES string of the molecule is C/C=C\NC(=NC=N/C=C(\c1ccnc(-c2c(C)cccc2C)c1)C(O)C(CC)CC)OC. The quantitative estimate of drug-likeness (QED) is 0.383. The normalized spacial score (nSPS) is 13.8. The number of hydrogen-bond acceptors (Lipinski definition) is 4. The average molecular weight is 449 g/mol. The molecule has 1 aromatic carbocycles. The van der Waals surface area contributed by atoms with Crippen LogP contribution >= 0.6 is 0 Å². The summed E-state index contributed by atoms with van der Waals surface area (Å²) in [7, 11) is 1.54. The second-order valence-corrected chi connectivity index (χ2v) is 7.85. The van der Waals surface area contributed by atoms with Crippen molar-refractivity contribution in [3.8, 4) is 11.3 Å². The zero-order chi connectivity index (χ0) is 24.2. The van der Waals surface area contributed by atoms with Gasteiger partial charge in [0, 0.05) is 29.7 Å². The lowest BCUT2D eigenvalue weighted by atomic mass is 9.87. The van der Waals surface area contributed by atoms with Crippen LogP contribution in [-0.4, -0.2) is 35.7 Å². The molecule has 2 aromatic rings. The molecule has 0 aliphatic heterocycles. The molecular weight excluding hydrogens is 412 g/mol. The van der Waals surface area contributed by atoms with Gasteiger partial charge in [-0.15, -0.1) is 0 Å². The Hall–Kier alpha value is -3.25. The van der Waals surface area contributed by atoms with Gasteiger partial charge in [-0.25, -0.2) is 4.99 Å². The Morgan fingerprint density at radius 2 is 1.88 bits per heavy atom. The molecule has 0 spiro atoms. The number of nitrogens with zero attached hydrogens (tertiary/aromatic N) is 3. The molecule has 33 heavy (non-hydrogen) atoms. The minimum Gasteiger partial charge on any atom is -0.468 e. The molecule has 2 N–H and O–H groups in total. The molecule has 1 atom stereocenters. The molecule has 1 heterocycles. The van der Waals surface area contributed by atoms with Crippen molar-refractivity contribution in [3.05, 3.63) is 71.7 Å². The Bertz CT molecular complexity index is 1000. The average Bonchev–Trinajstić information content (AvgIpc) is 2.81. The number of hydrogen-bond donors (Lipinski definition) is 2. The van der Waals surface area contributed by atoms with Gasteiger partial charge in [-0.05, 0) is 55.5 Å². The first-order valence-electron chi connectivity index (χ1n) is 11.4. The second kappa shape index (κ2) is 13.3. The smallest absolute Gasteiger partial charge is 0.294 e. The molecule has 0 fully saturated rings. The van der Waals surface area contributed by atoms with Crippen LogP contribution in [0.3, 0.4) is 0 Å². The monoisotopic (exact) mass is 448 g/mol. The Morgan fingerprint density at radius 1 is 1.18 bits per heavy atom. The van der Waals surface area contributed by atoms with Gasteiger partial charge in [0.15, 0.2) is 0 Å². The maximum Gasteiger partial charge on any atom is 0.294 e. The fourth-order valence-corrected chi connectivity index (χ4v) is 3.78. The first kappa shape index (κ1) is 26.0. The highest BCUT2D eigenvalue weighted by Crippen LogP contribution is 2.31. The molecule has 0 radical (unpaired) electrons. The van der Waals surface area contributed by atoms with E-state index in [1.807, 2.05) is 25.1 Å². The predicted octanol–water partition coefficient (Wildman–Crippen LogP) is 5.66. The number of methoxy groups -OCH3 is 1. The first-order chi connectivity index (χ1) is 16.0. The van der Waals surface area contributed by atoms with Crippen molar-refractivity contribution in [1.82, 2.24) is 10.3 Å². The predicted molar refractivity (Wildman–Crippen MR) is 138 cm³/mol. The summed E-state index contributed by atoms with van der Waals surface area (Å²) in [5.41, 5.74) is 5.96. The van der Waals surface area contributed by atoms with E-state index in [0.717, 1.165) is 35.2 Å². The lowest BCUT2D eigenvalue weighted by molar-refractivity contribution is 0.155. The second-order valence-electron chi connectivity index (χ2n) is 7.85. The van der Waals surface area contributed by atoms with Crippen molar-refractivity contribution in [2.45, 2.75) is 53.6 Å². The molecular formula is C27H36N4O2. The number of rotatable bonds is 9. The zero-order valence-electron chi connectivity index (χ0n) is 20.5. The van der Waals surface area contributed by atoms with E-state index in [-0.39, 0.29) is 5.92 Å². The molecule has 1 aromatic heterocycles. The molecule has 6 heteroatoms. The van der Waals surface area contributed by atoms with Crippen LogP contribution < -0.4 is 5.32 Å². The van der Waals surface area contributed by atoms with Crippen molar-refractivity contribution >= 4 is 17.9 Å². The van der Waals surface area contributed by atoms with Crippen LogP contribution in [0.5, 0.6) is 0 Å². The number of allylic oxidation sites excluding steroid dienone is 1. The van der Waals surface area contributed by atoms with E-state index in [2.05, 4.69) is 66.2 Å². The summed E-state index contributed by atoms with van der Waals surface area (Å²) < 4.78 is 5.17. The summed E-state index contributed by atoms with van der Waals surface area (Å²) in [6.45, 7) is 10.3. The number of nitrogens with one attached hydrogen (secondary N) is 1. The molecule has 6 nitrogen and oxygen atoms in total. The number of aliphatic imine (C=N–C) groups is 2. The summed E-state index contributed by atoms with van der Waals surface area (Å²) in [5.74, 6) is 0.123. The van der Waals surface area contributed by atoms with E-state index in [0.29, 0.717) is 6.02 Å². The van der Waals surface area contributed by atoms with Gasteiger partial charge in [-0.2, -0.15) is 4.99 Å². The zero-order valence-corrected chi connectivity index (χ0v) is 20.5. The van der Waals surface area contributed by atoms with Crippen LogP contribution in [0.25, 0.3) is 16.8 Å². The van der Waals surface area contributed by atoms with Crippen molar-refractivity contribution < 1.29 is 9.84 Å². The Balaban J connectivity index is 2.50. The van der Waals surface area contributed by atoms with Crippen molar-refractivity contribution in [1.29, 1.82) is 0 Å². The standard InChI is InChI=1S/C27H36N4O2/c1-7-14-30-27(33-6)31-18-28-17-23(26(32)21(8-2)9-3)22-13-15-29-24(16-22)25-19(4)11-10-12-20(25)5/h7,10-18,21,26,32H,8-9H2,1-6H3,(H,28,30,31)/b14-7-,23-17+. The van der Waals surface area contributed by atoms with Crippen LogP contribution in [0.4, 0.5) is 0 Å². The molecule has 0 amide bonds. The molecule has 0 aliphatic rings. The third-order valence-corrected chi connectivity index (χ3v) is 5.67. The fourth-order valence-electron chi connectivity index (χ4n) is 3.78. The highest BCUT2D eigenvalue weighted by Gasteiger charge is 2.22. The van der Waals surface area contributed by atoms with Crippen molar-refractivity contribution in [3.63, 3.8) is 0 Å². The number of pyridine rings is 1. The van der Waals surface area contributed by atoms with Gasteiger partial charge in [0.2, 0.25) is 0 Å². The fraction of sp³-hybridized carbons (Fsp3) is 0.370. The van der Waals surface area contributed by atoms with E-state index >= 15 is 0 Å². The number of aromatic nitrogens is 1. The topological polar surface area (TPSA) is 79.1 Å².